The summed E-state index contributed by atoms with van der Waals surface area (Å²) in [6.45, 7) is 10.4. The fourth-order valence-electron chi connectivity index (χ4n) is 2.15. The lowest BCUT2D eigenvalue weighted by Crippen LogP contribution is -2.46. The molecule has 1 rings (SSSR count). The molecule has 0 aromatic rings. The van der Waals surface area contributed by atoms with Crippen LogP contribution in [0.15, 0.2) is 0 Å². The highest BCUT2D eigenvalue weighted by Crippen LogP contribution is 2.30. The first-order chi connectivity index (χ1) is 6.76. The fourth-order valence-corrected chi connectivity index (χ4v) is 2.15. The number of hydrogen-bond acceptors (Lipinski definition) is 3. The number of ether oxygens (including phenoxy) is 1. The molecule has 0 aliphatic carbocycles. The number of rotatable bonds is 5. The highest BCUT2D eigenvalue weighted by atomic mass is 16.5. The maximum Gasteiger partial charge on any atom is 0.0472 e. The molecule has 0 radical (unpaired) electrons. The molecule has 1 saturated heterocycles. The Labute approximate surface area is 87.6 Å². The highest BCUT2D eigenvalue weighted by molar-refractivity contribution is 4.85. The molecule has 0 atom stereocenters. The zero-order chi connectivity index (χ0) is 10.4. The van der Waals surface area contributed by atoms with Crippen LogP contribution in [-0.4, -0.2) is 44.3 Å². The minimum atomic E-state index is 0.324. The summed E-state index contributed by atoms with van der Waals surface area (Å²) in [6.07, 6.45) is 2.25. The Bertz CT molecular complexity index is 151. The van der Waals surface area contributed by atoms with E-state index in [1.807, 2.05) is 0 Å². The topological polar surface area (TPSA) is 38.5 Å². The second kappa shape index (κ2) is 5.69. The van der Waals surface area contributed by atoms with E-state index in [-0.39, 0.29) is 0 Å². The highest BCUT2D eigenvalue weighted by Gasteiger charge is 2.32. The lowest BCUT2D eigenvalue weighted by atomic mass is 9.80. The third kappa shape index (κ3) is 2.94. The first-order valence-electron chi connectivity index (χ1n) is 5.76. The Morgan fingerprint density at radius 2 is 1.79 bits per heavy atom. The van der Waals surface area contributed by atoms with Crippen molar-refractivity contribution < 1.29 is 4.74 Å². The second-order valence-electron chi connectivity index (χ2n) is 4.28. The van der Waals surface area contributed by atoms with Crippen LogP contribution in [0.2, 0.25) is 0 Å². The molecule has 1 fully saturated rings. The van der Waals surface area contributed by atoms with Crippen LogP contribution >= 0.6 is 0 Å². The summed E-state index contributed by atoms with van der Waals surface area (Å²) in [6, 6.07) is 0. The molecular formula is C11H24N2O. The SMILES string of the molecule is CCN(CC)CC1(CN)CCOCC1. The summed E-state index contributed by atoms with van der Waals surface area (Å²) >= 11 is 0. The van der Waals surface area contributed by atoms with Gasteiger partial charge in [0.2, 0.25) is 0 Å². The van der Waals surface area contributed by atoms with Crippen LogP contribution in [-0.2, 0) is 4.74 Å². The molecule has 14 heavy (non-hydrogen) atoms. The van der Waals surface area contributed by atoms with E-state index in [4.69, 9.17) is 10.5 Å². The van der Waals surface area contributed by atoms with Gasteiger partial charge in [0.15, 0.2) is 0 Å². The predicted molar refractivity (Wildman–Crippen MR) is 59.3 cm³/mol. The van der Waals surface area contributed by atoms with Crippen LogP contribution < -0.4 is 5.73 Å². The van der Waals surface area contributed by atoms with Gasteiger partial charge in [0.1, 0.15) is 0 Å². The molecule has 1 aliphatic heterocycles. The second-order valence-corrected chi connectivity index (χ2v) is 4.28. The van der Waals surface area contributed by atoms with Crippen molar-refractivity contribution >= 4 is 0 Å². The molecule has 3 nitrogen and oxygen atoms in total. The van der Waals surface area contributed by atoms with Crippen molar-refractivity contribution in [3.8, 4) is 0 Å². The van der Waals surface area contributed by atoms with Gasteiger partial charge in [0.05, 0.1) is 0 Å². The minimum absolute atomic E-state index is 0.324. The van der Waals surface area contributed by atoms with Gasteiger partial charge in [0, 0.05) is 19.8 Å². The van der Waals surface area contributed by atoms with Crippen molar-refractivity contribution in [2.75, 3.05) is 39.4 Å². The first kappa shape index (κ1) is 12.0. The van der Waals surface area contributed by atoms with Gasteiger partial charge < -0.3 is 15.4 Å². The summed E-state index contributed by atoms with van der Waals surface area (Å²) in [5, 5.41) is 0. The summed E-state index contributed by atoms with van der Waals surface area (Å²) in [4.78, 5) is 2.47. The summed E-state index contributed by atoms with van der Waals surface area (Å²) in [5.74, 6) is 0. The van der Waals surface area contributed by atoms with E-state index in [0.717, 1.165) is 52.2 Å². The molecule has 0 aromatic carbocycles. The maximum absolute atomic E-state index is 5.91. The monoisotopic (exact) mass is 200 g/mol. The minimum Gasteiger partial charge on any atom is -0.381 e. The molecule has 0 saturated carbocycles. The van der Waals surface area contributed by atoms with E-state index in [1.165, 1.54) is 0 Å². The van der Waals surface area contributed by atoms with Crippen LogP contribution in [0.1, 0.15) is 26.7 Å². The van der Waals surface area contributed by atoms with E-state index in [9.17, 15) is 0 Å². The Morgan fingerprint density at radius 1 is 1.21 bits per heavy atom. The first-order valence-corrected chi connectivity index (χ1v) is 5.76. The van der Waals surface area contributed by atoms with Gasteiger partial charge in [-0.25, -0.2) is 0 Å². The zero-order valence-electron chi connectivity index (χ0n) is 9.59. The number of nitrogens with zero attached hydrogens (tertiary/aromatic N) is 1. The molecule has 3 heteroatoms. The summed E-state index contributed by atoms with van der Waals surface area (Å²) < 4.78 is 5.40. The Morgan fingerprint density at radius 3 is 2.21 bits per heavy atom. The summed E-state index contributed by atoms with van der Waals surface area (Å²) in [7, 11) is 0. The van der Waals surface area contributed by atoms with Gasteiger partial charge in [-0.2, -0.15) is 0 Å². The van der Waals surface area contributed by atoms with Crippen LogP contribution in [0.5, 0.6) is 0 Å². The van der Waals surface area contributed by atoms with E-state index in [0.29, 0.717) is 5.41 Å². The van der Waals surface area contributed by atoms with Crippen molar-refractivity contribution in [2.45, 2.75) is 26.7 Å². The molecule has 0 aromatic heterocycles. The molecule has 1 heterocycles. The molecule has 0 spiro atoms. The van der Waals surface area contributed by atoms with Crippen molar-refractivity contribution in [3.63, 3.8) is 0 Å². The van der Waals surface area contributed by atoms with E-state index in [1.54, 1.807) is 0 Å². The van der Waals surface area contributed by atoms with Crippen LogP contribution in [0.25, 0.3) is 0 Å². The Balaban J connectivity index is 2.50. The van der Waals surface area contributed by atoms with Crippen LogP contribution in [0.3, 0.4) is 0 Å². The molecule has 84 valence electrons. The van der Waals surface area contributed by atoms with E-state index >= 15 is 0 Å². The predicted octanol–water partition coefficient (Wildman–Crippen LogP) is 1.08. The molecule has 0 bridgehead atoms. The van der Waals surface area contributed by atoms with Crippen LogP contribution in [0.4, 0.5) is 0 Å². The largest absolute Gasteiger partial charge is 0.381 e. The summed E-state index contributed by atoms with van der Waals surface area (Å²) in [5.41, 5.74) is 6.24. The van der Waals surface area contributed by atoms with Gasteiger partial charge in [-0.15, -0.1) is 0 Å². The standard InChI is InChI=1S/C11H24N2O/c1-3-13(4-2)10-11(9-12)5-7-14-8-6-11/h3-10,12H2,1-2H3. The van der Waals surface area contributed by atoms with Gasteiger partial charge in [-0.1, -0.05) is 13.8 Å². The Hall–Kier alpha value is -0.120. The van der Waals surface area contributed by atoms with Gasteiger partial charge in [0.25, 0.3) is 0 Å². The average molecular weight is 200 g/mol. The number of hydrogen-bond donors (Lipinski definition) is 1. The lowest BCUT2D eigenvalue weighted by Gasteiger charge is -2.39. The van der Waals surface area contributed by atoms with Gasteiger partial charge >= 0.3 is 0 Å². The fraction of sp³-hybridized carbons (Fsp3) is 1.00. The van der Waals surface area contributed by atoms with E-state index in [2.05, 4.69) is 18.7 Å². The lowest BCUT2D eigenvalue weighted by molar-refractivity contribution is 0.00140. The maximum atomic E-state index is 5.91. The quantitative estimate of drug-likeness (QED) is 0.722. The average Bonchev–Trinajstić information content (AvgIpc) is 2.27. The number of nitrogens with two attached hydrogens (primary N) is 1. The molecule has 2 N–H and O–H groups in total. The molecule has 1 aliphatic rings. The molecule has 0 unspecified atom stereocenters. The van der Waals surface area contributed by atoms with Crippen LogP contribution in [0, 0.1) is 5.41 Å². The Kier molecular flexibility index (Phi) is 4.85. The zero-order valence-corrected chi connectivity index (χ0v) is 9.59. The van der Waals surface area contributed by atoms with E-state index < -0.39 is 0 Å². The van der Waals surface area contributed by atoms with Crippen molar-refractivity contribution in [1.82, 2.24) is 4.90 Å². The van der Waals surface area contributed by atoms with Gasteiger partial charge in [-0.05, 0) is 37.9 Å². The van der Waals surface area contributed by atoms with Gasteiger partial charge in [-0.3, -0.25) is 0 Å². The van der Waals surface area contributed by atoms with Crippen molar-refractivity contribution in [1.29, 1.82) is 0 Å². The molecule has 0 amide bonds. The van der Waals surface area contributed by atoms with Crippen molar-refractivity contribution in [2.24, 2.45) is 11.1 Å². The normalized spacial score (nSPS) is 21.4. The third-order valence-electron chi connectivity index (χ3n) is 3.44. The smallest absolute Gasteiger partial charge is 0.0472 e. The van der Waals surface area contributed by atoms with Crippen molar-refractivity contribution in [3.05, 3.63) is 0 Å². The third-order valence-corrected chi connectivity index (χ3v) is 3.44. The molecular weight excluding hydrogens is 176 g/mol.